The minimum atomic E-state index is -0.489. The predicted octanol–water partition coefficient (Wildman–Crippen LogP) is 0.352. The van der Waals surface area contributed by atoms with E-state index in [1.165, 1.54) is 11.6 Å². The van der Waals surface area contributed by atoms with E-state index in [0.29, 0.717) is 10.9 Å². The van der Waals surface area contributed by atoms with Gasteiger partial charge in [-0.05, 0) is 25.5 Å². The standard InChI is InChI=1S/C11H18N4O2S/c1-15-9(12)8(10(16)14-11(15)17)13-6-3-4-7(5-6)18-2/h6-7,13H,3-5,12H2,1-2H3,(H,14,16,17). The molecule has 0 bridgehead atoms. The van der Waals surface area contributed by atoms with Crippen molar-refractivity contribution in [2.45, 2.75) is 30.6 Å². The van der Waals surface area contributed by atoms with Crippen LogP contribution in [0.1, 0.15) is 19.3 Å². The summed E-state index contributed by atoms with van der Waals surface area (Å²) in [6.07, 6.45) is 5.28. The zero-order chi connectivity index (χ0) is 13.3. The van der Waals surface area contributed by atoms with Gasteiger partial charge in [0.15, 0.2) is 0 Å². The molecule has 18 heavy (non-hydrogen) atoms. The molecule has 6 nitrogen and oxygen atoms in total. The van der Waals surface area contributed by atoms with E-state index in [4.69, 9.17) is 5.73 Å². The summed E-state index contributed by atoms with van der Waals surface area (Å²) in [7, 11) is 1.54. The number of nitrogens with two attached hydrogens (primary N) is 1. The number of nitrogens with one attached hydrogen (secondary N) is 2. The third kappa shape index (κ3) is 2.40. The molecule has 2 unspecified atom stereocenters. The first-order valence-corrected chi connectivity index (χ1v) is 7.19. The molecule has 0 aromatic carbocycles. The van der Waals surface area contributed by atoms with Gasteiger partial charge in [0.25, 0.3) is 5.56 Å². The summed E-state index contributed by atoms with van der Waals surface area (Å²) in [5.41, 5.74) is 5.18. The Morgan fingerprint density at radius 3 is 2.78 bits per heavy atom. The summed E-state index contributed by atoms with van der Waals surface area (Å²) in [6, 6.07) is 0.253. The number of aromatic nitrogens is 2. The Morgan fingerprint density at radius 1 is 1.44 bits per heavy atom. The summed E-state index contributed by atoms with van der Waals surface area (Å²) in [4.78, 5) is 25.3. The van der Waals surface area contributed by atoms with Gasteiger partial charge in [-0.1, -0.05) is 0 Å². The number of thioether (sulfide) groups is 1. The molecular formula is C11H18N4O2S. The van der Waals surface area contributed by atoms with Crippen LogP contribution in [0.15, 0.2) is 9.59 Å². The van der Waals surface area contributed by atoms with Crippen LogP contribution in [0.4, 0.5) is 11.5 Å². The number of H-pyrrole nitrogens is 1. The maximum Gasteiger partial charge on any atom is 0.329 e. The topological polar surface area (TPSA) is 92.9 Å². The molecule has 7 heteroatoms. The molecular weight excluding hydrogens is 252 g/mol. The van der Waals surface area contributed by atoms with Gasteiger partial charge < -0.3 is 11.1 Å². The zero-order valence-corrected chi connectivity index (χ0v) is 11.3. The van der Waals surface area contributed by atoms with E-state index < -0.39 is 11.2 Å². The number of anilines is 2. The molecule has 4 N–H and O–H groups in total. The molecule has 1 heterocycles. The maximum absolute atomic E-state index is 11.7. The molecule has 1 aromatic heterocycles. The van der Waals surface area contributed by atoms with Crippen LogP contribution < -0.4 is 22.3 Å². The fraction of sp³-hybridized carbons (Fsp3) is 0.636. The Morgan fingerprint density at radius 2 is 2.17 bits per heavy atom. The van der Waals surface area contributed by atoms with Gasteiger partial charge >= 0.3 is 5.69 Å². The van der Waals surface area contributed by atoms with Crippen molar-refractivity contribution in [3.8, 4) is 0 Å². The minimum Gasteiger partial charge on any atom is -0.383 e. The molecule has 0 saturated heterocycles. The first kappa shape index (κ1) is 13.1. The smallest absolute Gasteiger partial charge is 0.329 e. The number of nitrogen functional groups attached to an aromatic ring is 1. The normalized spacial score (nSPS) is 23.2. The minimum absolute atomic E-state index is 0.191. The highest BCUT2D eigenvalue weighted by atomic mass is 32.2. The fourth-order valence-electron chi connectivity index (χ4n) is 2.27. The molecule has 1 fully saturated rings. The van der Waals surface area contributed by atoms with Crippen LogP contribution in [0.5, 0.6) is 0 Å². The number of nitrogens with zero attached hydrogens (tertiary/aromatic N) is 1. The van der Waals surface area contributed by atoms with Crippen LogP contribution in [-0.2, 0) is 7.05 Å². The van der Waals surface area contributed by atoms with Gasteiger partial charge in [-0.25, -0.2) is 4.79 Å². The highest BCUT2D eigenvalue weighted by molar-refractivity contribution is 7.99. The van der Waals surface area contributed by atoms with E-state index in [2.05, 4.69) is 16.6 Å². The Hall–Kier alpha value is -1.37. The second-order valence-corrected chi connectivity index (χ2v) is 5.73. The quantitative estimate of drug-likeness (QED) is 0.737. The van der Waals surface area contributed by atoms with Gasteiger partial charge in [0, 0.05) is 18.3 Å². The SMILES string of the molecule is CSC1CCC(Nc2c(N)n(C)c(=O)[nH]c2=O)C1. The molecule has 0 radical (unpaired) electrons. The highest BCUT2D eigenvalue weighted by Gasteiger charge is 2.25. The van der Waals surface area contributed by atoms with Gasteiger partial charge in [0.2, 0.25) is 0 Å². The summed E-state index contributed by atoms with van der Waals surface area (Å²) in [5.74, 6) is 0.191. The van der Waals surface area contributed by atoms with Crippen LogP contribution in [0.3, 0.4) is 0 Å². The molecule has 100 valence electrons. The van der Waals surface area contributed by atoms with Crippen molar-refractivity contribution in [3.63, 3.8) is 0 Å². The van der Waals surface area contributed by atoms with Crippen molar-refractivity contribution in [1.29, 1.82) is 0 Å². The Kier molecular flexibility index (Phi) is 3.70. The van der Waals surface area contributed by atoms with Gasteiger partial charge in [-0.2, -0.15) is 11.8 Å². The lowest BCUT2D eigenvalue weighted by Crippen LogP contribution is -2.34. The van der Waals surface area contributed by atoms with Gasteiger partial charge in [-0.15, -0.1) is 0 Å². The summed E-state index contributed by atoms with van der Waals surface area (Å²) < 4.78 is 1.24. The molecule has 1 aliphatic rings. The fourth-order valence-corrected chi connectivity index (χ4v) is 3.06. The Balaban J connectivity index is 2.23. The summed E-state index contributed by atoms with van der Waals surface area (Å²) >= 11 is 1.85. The number of hydrogen-bond acceptors (Lipinski definition) is 5. The molecule has 1 aliphatic carbocycles. The number of hydrogen-bond donors (Lipinski definition) is 3. The van der Waals surface area contributed by atoms with E-state index in [-0.39, 0.29) is 11.9 Å². The van der Waals surface area contributed by atoms with Gasteiger partial charge in [-0.3, -0.25) is 14.3 Å². The third-order valence-corrected chi connectivity index (χ3v) is 4.53. The molecule has 0 spiro atoms. The van der Waals surface area contributed by atoms with E-state index in [9.17, 15) is 9.59 Å². The van der Waals surface area contributed by atoms with Crippen molar-refractivity contribution < 1.29 is 0 Å². The Labute approximate surface area is 109 Å². The van der Waals surface area contributed by atoms with Crippen LogP contribution >= 0.6 is 11.8 Å². The molecule has 1 saturated carbocycles. The lowest BCUT2D eigenvalue weighted by Gasteiger charge is -2.16. The first-order chi connectivity index (χ1) is 8.52. The van der Waals surface area contributed by atoms with Crippen LogP contribution in [0, 0.1) is 0 Å². The van der Waals surface area contributed by atoms with Crippen molar-refractivity contribution in [2.24, 2.45) is 7.05 Å². The van der Waals surface area contributed by atoms with Crippen molar-refractivity contribution in [3.05, 3.63) is 20.8 Å². The van der Waals surface area contributed by atoms with Gasteiger partial charge in [0.05, 0.1) is 0 Å². The zero-order valence-electron chi connectivity index (χ0n) is 10.5. The van der Waals surface area contributed by atoms with Crippen LogP contribution in [0.25, 0.3) is 0 Å². The monoisotopic (exact) mass is 270 g/mol. The number of aromatic amines is 1. The molecule has 2 atom stereocenters. The largest absolute Gasteiger partial charge is 0.383 e. The third-order valence-electron chi connectivity index (χ3n) is 3.44. The first-order valence-electron chi connectivity index (χ1n) is 5.91. The average Bonchev–Trinajstić information content (AvgIpc) is 2.80. The van der Waals surface area contributed by atoms with E-state index in [1.807, 2.05) is 11.8 Å². The number of rotatable bonds is 3. The average molecular weight is 270 g/mol. The van der Waals surface area contributed by atoms with Crippen molar-refractivity contribution >= 4 is 23.3 Å². The molecule has 0 amide bonds. The summed E-state index contributed by atoms with van der Waals surface area (Å²) in [5, 5.41) is 3.80. The van der Waals surface area contributed by atoms with E-state index in [1.54, 1.807) is 0 Å². The maximum atomic E-state index is 11.7. The Bertz CT molecular complexity index is 551. The van der Waals surface area contributed by atoms with Crippen molar-refractivity contribution in [2.75, 3.05) is 17.3 Å². The second-order valence-electron chi connectivity index (χ2n) is 4.59. The van der Waals surface area contributed by atoms with Gasteiger partial charge in [0.1, 0.15) is 11.5 Å². The second kappa shape index (κ2) is 5.09. The van der Waals surface area contributed by atoms with E-state index >= 15 is 0 Å². The molecule has 0 aliphatic heterocycles. The molecule has 2 rings (SSSR count). The highest BCUT2D eigenvalue weighted by Crippen LogP contribution is 2.30. The summed E-state index contributed by atoms with van der Waals surface area (Å²) in [6.45, 7) is 0. The van der Waals surface area contributed by atoms with Crippen LogP contribution in [0.2, 0.25) is 0 Å². The van der Waals surface area contributed by atoms with Crippen LogP contribution in [-0.4, -0.2) is 27.1 Å². The predicted molar refractivity (Wildman–Crippen MR) is 75.3 cm³/mol. The molecule has 1 aromatic rings. The van der Waals surface area contributed by atoms with E-state index in [0.717, 1.165) is 19.3 Å². The lowest BCUT2D eigenvalue weighted by molar-refractivity contribution is 0.744. The van der Waals surface area contributed by atoms with Crippen molar-refractivity contribution in [1.82, 2.24) is 9.55 Å². The lowest BCUT2D eigenvalue weighted by atomic mass is 10.2.